The van der Waals surface area contributed by atoms with Gasteiger partial charge in [-0.15, -0.1) is 0 Å². The first-order chi connectivity index (χ1) is 15.1. The van der Waals surface area contributed by atoms with E-state index in [1.807, 2.05) is 0 Å². The lowest BCUT2D eigenvalue weighted by molar-refractivity contribution is -0.114. The first-order valence-corrected chi connectivity index (χ1v) is 12.1. The van der Waals surface area contributed by atoms with E-state index in [2.05, 4.69) is 34.6 Å². The van der Waals surface area contributed by atoms with E-state index in [9.17, 15) is 0 Å². The quantitative estimate of drug-likeness (QED) is 0.450. The summed E-state index contributed by atoms with van der Waals surface area (Å²) in [5, 5.41) is 0. The summed E-state index contributed by atoms with van der Waals surface area (Å²) < 4.78 is 51.4. The van der Waals surface area contributed by atoms with Gasteiger partial charge in [0.05, 0.1) is 0 Å². The second-order valence-corrected chi connectivity index (χ2v) is 11.7. The van der Waals surface area contributed by atoms with Gasteiger partial charge >= 0.3 is 0 Å². The molecular weight excluding hydrogens is 324 g/mol. The zero-order valence-corrected chi connectivity index (χ0v) is 18.6. The number of fused-ring (bicyclic) bond motifs is 5. The van der Waals surface area contributed by atoms with Crippen LogP contribution >= 0.6 is 0 Å². The molecule has 27 heavy (non-hydrogen) atoms. The monoisotopic (exact) mass is 378 g/mol. The van der Waals surface area contributed by atoms with E-state index in [0.29, 0.717) is 29.6 Å². The third-order valence-electron chi connectivity index (χ3n) is 9.87. The van der Waals surface area contributed by atoms with E-state index < -0.39 is 24.5 Å². The van der Waals surface area contributed by atoms with Gasteiger partial charge in [-0.25, -0.2) is 0 Å². The molecule has 4 rings (SSSR count). The highest BCUT2D eigenvalue weighted by atomic mass is 14.6. The highest BCUT2D eigenvalue weighted by Crippen LogP contribution is 2.68. The Hall–Kier alpha value is 0. The van der Waals surface area contributed by atoms with Crippen molar-refractivity contribution in [3.63, 3.8) is 0 Å². The Labute approximate surface area is 179 Å². The van der Waals surface area contributed by atoms with Crippen LogP contribution in [-0.2, 0) is 0 Å². The van der Waals surface area contributed by atoms with Gasteiger partial charge in [0.2, 0.25) is 0 Å². The van der Waals surface area contributed by atoms with Gasteiger partial charge in [0, 0.05) is 8.22 Å². The van der Waals surface area contributed by atoms with E-state index >= 15 is 0 Å². The molecule has 0 amide bonds. The molecule has 0 radical (unpaired) electrons. The van der Waals surface area contributed by atoms with E-state index in [1.165, 1.54) is 38.5 Å². The maximum Gasteiger partial charge on any atom is 0.0270 e. The second-order valence-electron chi connectivity index (χ2n) is 11.7. The molecule has 4 saturated carbocycles. The van der Waals surface area contributed by atoms with Crippen LogP contribution in [0.1, 0.15) is 126 Å². The van der Waals surface area contributed by atoms with Crippen LogP contribution in [0.15, 0.2) is 0 Å². The first kappa shape index (κ1) is 14.1. The van der Waals surface area contributed by atoms with Crippen molar-refractivity contribution in [2.75, 3.05) is 0 Å². The Bertz CT molecular complexity index is 732. The fraction of sp³-hybridized carbons (Fsp3) is 1.00. The van der Waals surface area contributed by atoms with Crippen LogP contribution in [0, 0.1) is 52.3 Å². The zero-order valence-electron chi connectivity index (χ0n) is 24.6. The largest absolute Gasteiger partial charge is 0.0628 e. The van der Waals surface area contributed by atoms with Crippen LogP contribution in [0.5, 0.6) is 0 Å². The summed E-state index contributed by atoms with van der Waals surface area (Å²) in [5.41, 5.74) is -0.0905. The molecular formula is C27H48. The van der Waals surface area contributed by atoms with Gasteiger partial charge in [0.15, 0.2) is 0 Å². The van der Waals surface area contributed by atoms with Crippen molar-refractivity contribution in [2.24, 2.45) is 52.3 Å². The molecule has 4 fully saturated rings. The highest BCUT2D eigenvalue weighted by Gasteiger charge is 2.59. The van der Waals surface area contributed by atoms with Gasteiger partial charge in [-0.3, -0.25) is 0 Å². The van der Waals surface area contributed by atoms with Gasteiger partial charge in [0.25, 0.3) is 0 Å². The summed E-state index contributed by atoms with van der Waals surface area (Å²) in [4.78, 5) is 0. The Balaban J connectivity index is 1.56. The Morgan fingerprint density at radius 2 is 1.63 bits per heavy atom. The second kappa shape index (κ2) is 7.68. The van der Waals surface area contributed by atoms with E-state index in [-0.39, 0.29) is 12.3 Å². The average Bonchev–Trinajstić information content (AvgIpc) is 3.03. The topological polar surface area (TPSA) is 0 Å². The molecule has 156 valence electrons. The summed E-state index contributed by atoms with van der Waals surface area (Å²) in [6, 6.07) is 0. The normalized spacial score (nSPS) is 56.9. The fourth-order valence-electron chi connectivity index (χ4n) is 8.34. The average molecular weight is 379 g/mol. The van der Waals surface area contributed by atoms with Crippen molar-refractivity contribution >= 4 is 0 Å². The third kappa shape index (κ3) is 3.44. The van der Waals surface area contributed by atoms with E-state index in [0.717, 1.165) is 30.6 Å². The van der Waals surface area contributed by atoms with E-state index in [1.54, 1.807) is 0 Å². The van der Waals surface area contributed by atoms with Crippen molar-refractivity contribution in [3.8, 4) is 0 Å². The van der Waals surface area contributed by atoms with Crippen LogP contribution in [0.2, 0.25) is 0 Å². The zero-order chi connectivity index (χ0) is 24.6. The number of rotatable bonds is 5. The molecule has 0 aromatic rings. The summed E-state index contributed by atoms with van der Waals surface area (Å²) in [6.07, 6.45) is 3.98. The minimum absolute atomic E-state index is 0.164. The molecule has 0 bridgehead atoms. The lowest BCUT2D eigenvalue weighted by atomic mass is 9.44. The maximum atomic E-state index is 8.76. The van der Waals surface area contributed by atoms with Gasteiger partial charge in [0.1, 0.15) is 0 Å². The highest BCUT2D eigenvalue weighted by molar-refractivity contribution is 5.09. The summed E-state index contributed by atoms with van der Waals surface area (Å²) in [6.45, 7) is 11.8. The SMILES string of the molecule is [2H]C1([2H])C[C@@]2(C)C(CC[C@H]3[C@@H]4CC[C@H]([C@H](C)CCCC(C)C)[C@@]4(C)CC[C@@H]32)C([2H])([2H])C1([2H])[2H]. The lowest BCUT2D eigenvalue weighted by Crippen LogP contribution is -2.53. The van der Waals surface area contributed by atoms with Crippen molar-refractivity contribution in [2.45, 2.75) is 118 Å². The summed E-state index contributed by atoms with van der Waals surface area (Å²) in [7, 11) is 0. The van der Waals surface area contributed by atoms with Crippen LogP contribution in [0.3, 0.4) is 0 Å². The fourth-order valence-corrected chi connectivity index (χ4v) is 8.34. The lowest BCUT2D eigenvalue weighted by Gasteiger charge is -2.61. The van der Waals surface area contributed by atoms with Crippen LogP contribution in [0.4, 0.5) is 0 Å². The van der Waals surface area contributed by atoms with Crippen molar-refractivity contribution in [1.29, 1.82) is 0 Å². The van der Waals surface area contributed by atoms with E-state index in [4.69, 9.17) is 8.22 Å². The third-order valence-corrected chi connectivity index (χ3v) is 9.87. The molecule has 0 aromatic heterocycles. The number of hydrogen-bond acceptors (Lipinski definition) is 0. The summed E-state index contributed by atoms with van der Waals surface area (Å²) >= 11 is 0. The molecule has 0 aromatic carbocycles. The Morgan fingerprint density at radius 3 is 2.41 bits per heavy atom. The molecule has 1 unspecified atom stereocenters. The Kier molecular flexibility index (Phi) is 4.01. The minimum atomic E-state index is -2.44. The van der Waals surface area contributed by atoms with Gasteiger partial charge < -0.3 is 0 Å². The summed E-state index contributed by atoms with van der Waals surface area (Å²) in [5.74, 6) is 3.47. The molecule has 0 spiro atoms. The number of hydrogen-bond donors (Lipinski definition) is 0. The molecule has 0 aliphatic heterocycles. The van der Waals surface area contributed by atoms with Crippen LogP contribution in [0.25, 0.3) is 0 Å². The predicted molar refractivity (Wildman–Crippen MR) is 118 cm³/mol. The first-order valence-electron chi connectivity index (χ1n) is 15.1. The molecule has 0 saturated heterocycles. The van der Waals surface area contributed by atoms with Gasteiger partial charge in [-0.2, -0.15) is 0 Å². The predicted octanol–water partition coefficient (Wildman–Crippen LogP) is 8.50. The van der Waals surface area contributed by atoms with Crippen LogP contribution < -0.4 is 0 Å². The smallest absolute Gasteiger partial charge is 0.0270 e. The Morgan fingerprint density at radius 1 is 0.852 bits per heavy atom. The van der Waals surface area contributed by atoms with Gasteiger partial charge in [-0.1, -0.05) is 66.6 Å². The maximum absolute atomic E-state index is 8.76. The standard InChI is InChI=1S/C27H48/c1-19(2)9-8-10-20(3)23-14-15-24-22-13-12-21-11-6-7-17-26(21,4)25(22)16-18-27(23,24)5/h19-25H,6-18H2,1-5H3/t20-,21?,22+,23-,24+,25+,26+,27-/m1/s1/i6D2,7D2,11D2. The molecule has 4 aliphatic rings. The van der Waals surface area contributed by atoms with Crippen LogP contribution in [-0.4, -0.2) is 0 Å². The minimum Gasteiger partial charge on any atom is -0.0628 e. The van der Waals surface area contributed by atoms with Crippen molar-refractivity contribution in [1.82, 2.24) is 0 Å². The molecule has 4 aliphatic carbocycles. The van der Waals surface area contributed by atoms with Crippen molar-refractivity contribution < 1.29 is 8.22 Å². The molecule has 0 heterocycles. The molecule has 0 heteroatoms. The molecule has 0 N–H and O–H groups in total. The van der Waals surface area contributed by atoms with Gasteiger partial charge in [-0.05, 0) is 104 Å². The molecule has 8 atom stereocenters. The molecule has 0 nitrogen and oxygen atoms in total. The van der Waals surface area contributed by atoms with Crippen molar-refractivity contribution in [3.05, 3.63) is 0 Å².